The Balaban J connectivity index is -0.000000500. The summed E-state index contributed by atoms with van der Waals surface area (Å²) < 4.78 is 3.21. The van der Waals surface area contributed by atoms with Gasteiger partial charge < -0.3 is 0 Å². The molecule has 0 rings (SSSR count). The van der Waals surface area contributed by atoms with Crippen molar-refractivity contribution in [2.45, 2.75) is 49.4 Å². The number of halogens is 2. The molecule has 0 amide bonds. The normalized spacial score (nSPS) is 9.69. The van der Waals surface area contributed by atoms with E-state index in [0.29, 0.717) is 0 Å². The molecular formula is C10H24Br2Sn. The summed E-state index contributed by atoms with van der Waals surface area (Å²) in [5.41, 5.74) is 0. The van der Waals surface area contributed by atoms with Gasteiger partial charge in [0.1, 0.15) is 0 Å². The monoisotopic (exact) mass is 422 g/mol. The van der Waals surface area contributed by atoms with Crippen LogP contribution in [-0.2, 0) is 0 Å². The van der Waals surface area contributed by atoms with Gasteiger partial charge >= 0.3 is 82.4 Å². The molecule has 0 atom stereocenters. The zero-order valence-corrected chi connectivity index (χ0v) is 15.6. The Hall–Kier alpha value is 1.76. The van der Waals surface area contributed by atoms with Gasteiger partial charge in [-0.25, -0.2) is 0 Å². The average molecular weight is 423 g/mol. The van der Waals surface area contributed by atoms with E-state index in [4.69, 9.17) is 0 Å². The van der Waals surface area contributed by atoms with Crippen LogP contribution < -0.4 is 0 Å². The molecular weight excluding hydrogens is 399 g/mol. The zero-order chi connectivity index (χ0) is 8.69. The van der Waals surface area contributed by atoms with Crippen molar-refractivity contribution in [2.24, 2.45) is 11.8 Å². The van der Waals surface area contributed by atoms with Crippen molar-refractivity contribution < 1.29 is 0 Å². The molecule has 0 saturated heterocycles. The van der Waals surface area contributed by atoms with E-state index in [0.717, 1.165) is 11.8 Å². The third-order valence-electron chi connectivity index (χ3n) is 1.80. The van der Waals surface area contributed by atoms with E-state index in [9.17, 15) is 0 Å². The van der Waals surface area contributed by atoms with E-state index >= 15 is 0 Å². The third kappa shape index (κ3) is 20.0. The Morgan fingerprint density at radius 1 is 0.769 bits per heavy atom. The molecule has 0 aromatic rings. The fraction of sp³-hybridized carbons (Fsp3) is 1.00. The molecule has 0 spiro atoms. The molecule has 0 unspecified atom stereocenters. The Labute approximate surface area is 115 Å². The molecule has 3 heteroatoms. The minimum atomic E-state index is 0. The number of hydrogen-bond donors (Lipinski definition) is 0. The fourth-order valence-corrected chi connectivity index (χ4v) is 6.08. The summed E-state index contributed by atoms with van der Waals surface area (Å²) in [6.07, 6.45) is 2.98. The van der Waals surface area contributed by atoms with Gasteiger partial charge in [0.05, 0.1) is 0 Å². The Morgan fingerprint density at radius 2 is 1.08 bits per heavy atom. The van der Waals surface area contributed by atoms with Gasteiger partial charge in [-0.1, -0.05) is 0 Å². The zero-order valence-electron chi connectivity index (χ0n) is 9.30. The summed E-state index contributed by atoms with van der Waals surface area (Å²) in [5, 5.41) is 0. The Kier molecular flexibility index (Phi) is 21.4. The molecule has 0 fully saturated rings. The van der Waals surface area contributed by atoms with Crippen LogP contribution in [0.4, 0.5) is 0 Å². The standard InChI is InChI=1S/2C5H11.2BrH.Sn/c2*1-4-5(2)3;;;/h2*5H,1,4H2,2-3H3;2*1H;. The third-order valence-corrected chi connectivity index (χ3v) is 5.46. The van der Waals surface area contributed by atoms with E-state index in [1.54, 1.807) is 8.87 Å². The van der Waals surface area contributed by atoms with Gasteiger partial charge in [0.25, 0.3) is 0 Å². The fourth-order valence-electron chi connectivity index (χ4n) is 0.906. The van der Waals surface area contributed by atoms with E-state index in [1.165, 1.54) is 12.8 Å². The van der Waals surface area contributed by atoms with Crippen LogP contribution in [0.1, 0.15) is 40.5 Å². The van der Waals surface area contributed by atoms with E-state index in [2.05, 4.69) is 27.7 Å². The predicted octanol–water partition coefficient (Wildman–Crippen LogP) is 4.78. The van der Waals surface area contributed by atoms with Crippen molar-refractivity contribution in [2.75, 3.05) is 0 Å². The molecule has 2 radical (unpaired) electrons. The van der Waals surface area contributed by atoms with Crippen molar-refractivity contribution in [3.8, 4) is 0 Å². The molecule has 0 nitrogen and oxygen atoms in total. The van der Waals surface area contributed by atoms with Crippen LogP contribution in [0.15, 0.2) is 0 Å². The van der Waals surface area contributed by atoms with Gasteiger partial charge in [-0.15, -0.1) is 34.0 Å². The summed E-state index contributed by atoms with van der Waals surface area (Å²) in [4.78, 5) is 0. The second-order valence-electron chi connectivity index (χ2n) is 4.12. The van der Waals surface area contributed by atoms with Crippen LogP contribution in [0.3, 0.4) is 0 Å². The average Bonchev–Trinajstić information content (AvgIpc) is 1.85. The molecule has 82 valence electrons. The minimum absolute atomic E-state index is 0. The molecule has 0 aromatic heterocycles. The topological polar surface area (TPSA) is 0 Å². The number of rotatable bonds is 6. The van der Waals surface area contributed by atoms with Crippen molar-refractivity contribution in [3.05, 3.63) is 0 Å². The molecule has 0 aliphatic heterocycles. The van der Waals surface area contributed by atoms with E-state index < -0.39 is 0 Å². The molecule has 13 heavy (non-hydrogen) atoms. The van der Waals surface area contributed by atoms with Crippen LogP contribution in [0, 0.1) is 11.8 Å². The first-order valence-corrected chi connectivity index (χ1v) is 8.87. The Morgan fingerprint density at radius 3 is 1.31 bits per heavy atom. The Bertz CT molecular complexity index is 75.0. The molecule has 0 heterocycles. The van der Waals surface area contributed by atoms with E-state index in [-0.39, 0.29) is 55.1 Å². The maximum absolute atomic E-state index is 2.34. The molecule has 0 aromatic carbocycles. The first-order valence-electron chi connectivity index (χ1n) is 4.83. The van der Waals surface area contributed by atoms with Gasteiger partial charge in [-0.2, -0.15) is 0 Å². The first kappa shape index (κ1) is 20.2. The van der Waals surface area contributed by atoms with Crippen molar-refractivity contribution in [3.63, 3.8) is 0 Å². The molecule has 0 bridgehead atoms. The van der Waals surface area contributed by atoms with Crippen molar-refractivity contribution in [1.29, 1.82) is 0 Å². The summed E-state index contributed by atoms with van der Waals surface area (Å²) in [7, 11) is 0. The summed E-state index contributed by atoms with van der Waals surface area (Å²) in [6, 6.07) is 0. The summed E-state index contributed by atoms with van der Waals surface area (Å²) >= 11 is 0.0759. The van der Waals surface area contributed by atoms with Gasteiger partial charge in [0.15, 0.2) is 0 Å². The van der Waals surface area contributed by atoms with E-state index in [1.807, 2.05) is 0 Å². The molecule has 0 aliphatic carbocycles. The quantitative estimate of drug-likeness (QED) is 0.427. The predicted molar refractivity (Wildman–Crippen MR) is 74.9 cm³/mol. The summed E-state index contributed by atoms with van der Waals surface area (Å²) in [6.45, 7) is 9.34. The van der Waals surface area contributed by atoms with Gasteiger partial charge in [0.2, 0.25) is 0 Å². The maximum atomic E-state index is 2.34. The molecule has 0 N–H and O–H groups in total. The molecule has 0 saturated carbocycles. The van der Waals surface area contributed by atoms with Gasteiger partial charge in [-0.05, 0) is 0 Å². The van der Waals surface area contributed by atoms with Gasteiger partial charge in [-0.3, -0.25) is 0 Å². The van der Waals surface area contributed by atoms with Crippen molar-refractivity contribution >= 4 is 55.1 Å². The van der Waals surface area contributed by atoms with Gasteiger partial charge in [0, 0.05) is 0 Å². The number of hydrogen-bond acceptors (Lipinski definition) is 0. The second kappa shape index (κ2) is 13.8. The molecule has 0 aliphatic rings. The van der Waals surface area contributed by atoms with Crippen LogP contribution in [0.5, 0.6) is 0 Å². The second-order valence-corrected chi connectivity index (χ2v) is 8.40. The van der Waals surface area contributed by atoms with Crippen LogP contribution in [0.25, 0.3) is 0 Å². The van der Waals surface area contributed by atoms with Crippen molar-refractivity contribution in [1.82, 2.24) is 0 Å². The summed E-state index contributed by atoms with van der Waals surface area (Å²) in [5.74, 6) is 1.88. The first-order chi connectivity index (χ1) is 5.13. The van der Waals surface area contributed by atoms with Crippen LogP contribution in [-0.4, -0.2) is 21.1 Å². The van der Waals surface area contributed by atoms with Crippen LogP contribution in [0.2, 0.25) is 8.87 Å². The SMILES string of the molecule is Br.Br.CC(C)C[CH2][Sn][CH2]CC(C)C. The van der Waals surface area contributed by atoms with Crippen LogP contribution >= 0.6 is 34.0 Å².